The maximum atomic E-state index is 11.6. The zero-order chi connectivity index (χ0) is 13.7. The number of nitrogens with two attached hydrogens (primary N) is 1. The lowest BCUT2D eigenvalue weighted by atomic mass is 10.1. The third kappa shape index (κ3) is 3.81. The predicted molar refractivity (Wildman–Crippen MR) is 74.3 cm³/mol. The van der Waals surface area contributed by atoms with Crippen LogP contribution in [0.4, 0.5) is 5.69 Å². The highest BCUT2D eigenvalue weighted by molar-refractivity contribution is 7.80. The van der Waals surface area contributed by atoms with Gasteiger partial charge in [0.25, 0.3) is 0 Å². The number of thiocarbonyl (C=S) groups is 1. The highest BCUT2D eigenvalue weighted by Crippen LogP contribution is 2.18. The first kappa shape index (κ1) is 14.1. The maximum absolute atomic E-state index is 11.6. The van der Waals surface area contributed by atoms with Crippen molar-refractivity contribution in [2.24, 2.45) is 5.73 Å². The van der Waals surface area contributed by atoms with Crippen LogP contribution in [0.15, 0.2) is 18.2 Å². The van der Waals surface area contributed by atoms with Crippen LogP contribution >= 0.6 is 12.2 Å². The van der Waals surface area contributed by atoms with Crippen molar-refractivity contribution in [3.8, 4) is 0 Å². The molecule has 0 heterocycles. The van der Waals surface area contributed by atoms with Gasteiger partial charge in [0.2, 0.25) is 0 Å². The number of rotatable bonds is 3. The molecule has 1 aromatic carbocycles. The quantitative estimate of drug-likeness (QED) is 0.553. The largest absolute Gasteiger partial charge is 0.392 e. The molecule has 0 saturated heterocycles. The van der Waals surface area contributed by atoms with Gasteiger partial charge in [-0.2, -0.15) is 0 Å². The second-order valence-corrected chi connectivity index (χ2v) is 4.39. The third-order valence-electron chi connectivity index (χ3n) is 2.35. The molecule has 5 nitrogen and oxygen atoms in total. The number of para-hydroxylation sites is 1. The first-order valence-corrected chi connectivity index (χ1v) is 5.76. The van der Waals surface area contributed by atoms with Crippen molar-refractivity contribution in [3.63, 3.8) is 0 Å². The lowest BCUT2D eigenvalue weighted by Gasteiger charge is -2.11. The topological polar surface area (TPSA) is 84.2 Å². The van der Waals surface area contributed by atoms with E-state index < -0.39 is 11.8 Å². The molecular formula is C12H15N3O2S. The smallest absolute Gasteiger partial charge is 0.313 e. The van der Waals surface area contributed by atoms with Crippen LogP contribution in [0.3, 0.4) is 0 Å². The predicted octanol–water partition coefficient (Wildman–Crippen LogP) is 0.644. The molecule has 0 saturated carbocycles. The van der Waals surface area contributed by atoms with E-state index in [1.807, 2.05) is 32.0 Å². The fraction of sp³-hybridized carbons (Fsp3) is 0.250. The van der Waals surface area contributed by atoms with Gasteiger partial charge >= 0.3 is 11.8 Å². The molecule has 1 rings (SSSR count). The molecule has 2 amide bonds. The van der Waals surface area contributed by atoms with E-state index in [1.54, 1.807) is 0 Å². The van der Waals surface area contributed by atoms with Gasteiger partial charge in [0.15, 0.2) is 0 Å². The van der Waals surface area contributed by atoms with Crippen LogP contribution in [0.2, 0.25) is 0 Å². The van der Waals surface area contributed by atoms with E-state index in [9.17, 15) is 9.59 Å². The number of aryl methyl sites for hydroxylation is 2. The van der Waals surface area contributed by atoms with Crippen molar-refractivity contribution < 1.29 is 9.59 Å². The van der Waals surface area contributed by atoms with Gasteiger partial charge in [-0.05, 0) is 25.0 Å². The van der Waals surface area contributed by atoms with Gasteiger partial charge in [-0.25, -0.2) is 0 Å². The molecule has 0 bridgehead atoms. The van der Waals surface area contributed by atoms with Gasteiger partial charge in [0.05, 0.1) is 11.5 Å². The number of benzene rings is 1. The van der Waals surface area contributed by atoms with E-state index in [2.05, 4.69) is 22.9 Å². The van der Waals surface area contributed by atoms with Crippen LogP contribution in [-0.2, 0) is 9.59 Å². The Labute approximate surface area is 111 Å². The van der Waals surface area contributed by atoms with Gasteiger partial charge in [-0.1, -0.05) is 30.4 Å². The van der Waals surface area contributed by atoms with Crippen molar-refractivity contribution in [2.75, 3.05) is 11.9 Å². The van der Waals surface area contributed by atoms with E-state index in [1.165, 1.54) is 0 Å². The summed E-state index contributed by atoms with van der Waals surface area (Å²) >= 11 is 4.60. The van der Waals surface area contributed by atoms with Crippen LogP contribution in [-0.4, -0.2) is 23.3 Å². The Hall–Kier alpha value is -1.95. The first-order valence-electron chi connectivity index (χ1n) is 5.35. The number of anilines is 1. The number of nitrogens with one attached hydrogen (secondary N) is 2. The minimum atomic E-state index is -0.759. The van der Waals surface area contributed by atoms with Crippen LogP contribution in [0.5, 0.6) is 0 Å². The van der Waals surface area contributed by atoms with Crippen LogP contribution in [0.25, 0.3) is 0 Å². The Morgan fingerprint density at radius 1 is 1.22 bits per heavy atom. The van der Waals surface area contributed by atoms with E-state index in [-0.39, 0.29) is 11.5 Å². The Morgan fingerprint density at radius 3 is 2.28 bits per heavy atom. The standard InChI is InChI=1S/C12H15N3O2S/c1-7-4-3-5-8(2)10(7)15-12(17)11(16)14-6-9(13)18/h3-5H,6H2,1-2H3,(H2,13,18)(H,14,16)(H,15,17). The minimum Gasteiger partial charge on any atom is -0.392 e. The molecule has 0 aliphatic rings. The van der Waals surface area contributed by atoms with Gasteiger partial charge in [-0.3, -0.25) is 9.59 Å². The summed E-state index contributed by atoms with van der Waals surface area (Å²) in [6.07, 6.45) is 0. The molecule has 18 heavy (non-hydrogen) atoms. The number of hydrogen-bond acceptors (Lipinski definition) is 3. The number of carbonyl (C=O) groups is 2. The average Bonchev–Trinajstić information content (AvgIpc) is 2.30. The first-order chi connectivity index (χ1) is 8.41. The molecule has 0 radical (unpaired) electrons. The molecule has 96 valence electrons. The fourth-order valence-corrected chi connectivity index (χ4v) is 1.50. The van der Waals surface area contributed by atoms with Crippen LogP contribution in [0.1, 0.15) is 11.1 Å². The summed E-state index contributed by atoms with van der Waals surface area (Å²) < 4.78 is 0. The van der Waals surface area contributed by atoms with Crippen molar-refractivity contribution >= 4 is 34.7 Å². The summed E-state index contributed by atoms with van der Waals surface area (Å²) in [4.78, 5) is 23.2. The molecule has 0 aliphatic carbocycles. The molecule has 1 aromatic rings. The normalized spacial score (nSPS) is 9.67. The molecule has 6 heteroatoms. The summed E-state index contributed by atoms with van der Waals surface area (Å²) in [5.74, 6) is -1.49. The monoisotopic (exact) mass is 265 g/mol. The molecule has 0 atom stereocenters. The summed E-state index contributed by atoms with van der Waals surface area (Å²) in [5, 5.41) is 4.89. The molecular weight excluding hydrogens is 250 g/mol. The SMILES string of the molecule is Cc1cccc(C)c1NC(=O)C(=O)NCC(N)=S. The Kier molecular flexibility index (Phi) is 4.79. The van der Waals surface area contributed by atoms with Crippen LogP contribution < -0.4 is 16.4 Å². The van der Waals surface area contributed by atoms with Crippen molar-refractivity contribution in [3.05, 3.63) is 29.3 Å². The van der Waals surface area contributed by atoms with E-state index in [0.29, 0.717) is 5.69 Å². The lowest BCUT2D eigenvalue weighted by Crippen LogP contribution is -2.39. The van der Waals surface area contributed by atoms with Gasteiger partial charge in [0.1, 0.15) is 0 Å². The highest BCUT2D eigenvalue weighted by Gasteiger charge is 2.15. The minimum absolute atomic E-state index is 0.00827. The third-order valence-corrected chi connectivity index (χ3v) is 2.49. The fourth-order valence-electron chi connectivity index (χ4n) is 1.43. The zero-order valence-corrected chi connectivity index (χ0v) is 11.1. The van der Waals surface area contributed by atoms with Gasteiger partial charge < -0.3 is 16.4 Å². The van der Waals surface area contributed by atoms with Gasteiger partial charge in [-0.15, -0.1) is 0 Å². The Balaban J connectivity index is 2.70. The second kappa shape index (κ2) is 6.11. The average molecular weight is 265 g/mol. The number of carbonyl (C=O) groups excluding carboxylic acids is 2. The molecule has 0 fully saturated rings. The molecule has 0 aliphatic heterocycles. The summed E-state index contributed by atoms with van der Waals surface area (Å²) in [7, 11) is 0. The second-order valence-electron chi connectivity index (χ2n) is 3.87. The Bertz CT molecular complexity index is 480. The van der Waals surface area contributed by atoms with Crippen molar-refractivity contribution in [2.45, 2.75) is 13.8 Å². The van der Waals surface area contributed by atoms with E-state index in [4.69, 9.17) is 5.73 Å². The Morgan fingerprint density at radius 2 is 1.78 bits per heavy atom. The van der Waals surface area contributed by atoms with Crippen molar-refractivity contribution in [1.29, 1.82) is 0 Å². The maximum Gasteiger partial charge on any atom is 0.313 e. The molecule has 0 unspecified atom stereocenters. The zero-order valence-electron chi connectivity index (χ0n) is 10.2. The number of hydrogen-bond donors (Lipinski definition) is 3. The highest BCUT2D eigenvalue weighted by atomic mass is 32.1. The van der Waals surface area contributed by atoms with E-state index in [0.717, 1.165) is 11.1 Å². The van der Waals surface area contributed by atoms with Crippen molar-refractivity contribution in [1.82, 2.24) is 5.32 Å². The summed E-state index contributed by atoms with van der Waals surface area (Å²) in [5.41, 5.74) is 7.66. The van der Waals surface area contributed by atoms with Gasteiger partial charge in [0, 0.05) is 5.69 Å². The lowest BCUT2D eigenvalue weighted by molar-refractivity contribution is -0.135. The van der Waals surface area contributed by atoms with E-state index >= 15 is 0 Å². The molecule has 0 aromatic heterocycles. The van der Waals surface area contributed by atoms with Crippen LogP contribution in [0, 0.1) is 13.8 Å². The summed E-state index contributed by atoms with van der Waals surface area (Å²) in [6.45, 7) is 3.72. The summed E-state index contributed by atoms with van der Waals surface area (Å²) in [6, 6.07) is 5.60. The molecule has 0 spiro atoms. The number of amides is 2. The molecule has 4 N–H and O–H groups in total.